The summed E-state index contributed by atoms with van der Waals surface area (Å²) in [7, 11) is -0.713. The van der Waals surface area contributed by atoms with Crippen molar-refractivity contribution in [2.75, 3.05) is 26.0 Å². The van der Waals surface area contributed by atoms with Crippen LogP contribution in [0.2, 0.25) is 0 Å². The Morgan fingerprint density at radius 2 is 1.93 bits per heavy atom. The van der Waals surface area contributed by atoms with Gasteiger partial charge in [0.1, 0.15) is 5.56 Å². The largest absolute Gasteiger partial charge is 0.462 e. The first kappa shape index (κ1) is 20.5. The molecule has 0 atom stereocenters. The summed E-state index contributed by atoms with van der Waals surface area (Å²) in [6.45, 7) is 1.94. The lowest BCUT2D eigenvalue weighted by Crippen LogP contribution is -2.40. The van der Waals surface area contributed by atoms with Crippen LogP contribution in [0.3, 0.4) is 0 Å². The molecule has 2 rings (SSSR count). The SMILES string of the molecule is CCOC(=O)c1ccc[n+](CC(=O)Nc2cccc(S(=O)(=O)N(C)C)c2)c1. The summed E-state index contributed by atoms with van der Waals surface area (Å²) in [4.78, 5) is 24.1. The zero-order valence-corrected chi connectivity index (χ0v) is 16.2. The minimum Gasteiger partial charge on any atom is -0.462 e. The van der Waals surface area contributed by atoms with Crippen molar-refractivity contribution in [1.82, 2.24) is 4.31 Å². The van der Waals surface area contributed by atoms with Gasteiger partial charge in [0.15, 0.2) is 12.4 Å². The minimum absolute atomic E-state index is 0.0437. The number of rotatable bonds is 7. The van der Waals surface area contributed by atoms with Crippen LogP contribution in [0.25, 0.3) is 0 Å². The second-order valence-corrected chi connectivity index (χ2v) is 8.00. The van der Waals surface area contributed by atoms with Gasteiger partial charge in [-0.3, -0.25) is 4.79 Å². The van der Waals surface area contributed by atoms with E-state index in [1.54, 1.807) is 42.0 Å². The average molecular weight is 392 g/mol. The molecule has 2 aromatic rings. The van der Waals surface area contributed by atoms with Crippen LogP contribution in [0.4, 0.5) is 5.69 Å². The Labute approximate surface area is 158 Å². The second kappa shape index (κ2) is 8.74. The number of esters is 1. The topological polar surface area (TPSA) is 96.7 Å². The molecular weight excluding hydrogens is 370 g/mol. The van der Waals surface area contributed by atoms with E-state index >= 15 is 0 Å². The molecule has 1 aromatic heterocycles. The highest BCUT2D eigenvalue weighted by Crippen LogP contribution is 2.17. The first-order chi connectivity index (χ1) is 12.7. The zero-order valence-electron chi connectivity index (χ0n) is 15.4. The maximum Gasteiger partial charge on any atom is 0.344 e. The maximum absolute atomic E-state index is 12.3. The number of amides is 1. The van der Waals surface area contributed by atoms with Gasteiger partial charge in [-0.05, 0) is 31.2 Å². The van der Waals surface area contributed by atoms with Gasteiger partial charge in [0.2, 0.25) is 16.6 Å². The summed E-state index contributed by atoms with van der Waals surface area (Å²) < 4.78 is 31.9. The number of pyridine rings is 1. The first-order valence-electron chi connectivity index (χ1n) is 8.22. The number of hydrogen-bond acceptors (Lipinski definition) is 5. The van der Waals surface area contributed by atoms with Gasteiger partial charge in [0.05, 0.1) is 11.5 Å². The number of ether oxygens (including phenoxy) is 1. The van der Waals surface area contributed by atoms with Crippen molar-refractivity contribution in [2.45, 2.75) is 18.4 Å². The van der Waals surface area contributed by atoms with E-state index in [1.165, 1.54) is 32.4 Å². The monoisotopic (exact) mass is 392 g/mol. The van der Waals surface area contributed by atoms with Crippen molar-refractivity contribution >= 4 is 27.6 Å². The van der Waals surface area contributed by atoms with Crippen LogP contribution in [0.1, 0.15) is 17.3 Å². The van der Waals surface area contributed by atoms with Crippen LogP contribution in [0.5, 0.6) is 0 Å². The number of nitrogens with zero attached hydrogens (tertiary/aromatic N) is 2. The van der Waals surface area contributed by atoms with Gasteiger partial charge in [-0.25, -0.2) is 17.5 Å². The van der Waals surface area contributed by atoms with Gasteiger partial charge < -0.3 is 10.1 Å². The molecule has 0 saturated carbocycles. The molecule has 0 aliphatic rings. The maximum atomic E-state index is 12.3. The Kier molecular flexibility index (Phi) is 6.65. The zero-order chi connectivity index (χ0) is 20.0. The standard InChI is InChI=1S/C18H21N3O5S/c1-4-26-18(23)14-7-6-10-21(12-14)13-17(22)19-15-8-5-9-16(11-15)27(24,25)20(2)3/h5-12H,4,13H2,1-3H3/p+1. The number of benzene rings is 1. The Morgan fingerprint density at radius 3 is 2.59 bits per heavy atom. The number of nitrogens with one attached hydrogen (secondary N) is 1. The number of aromatic nitrogens is 1. The van der Waals surface area contributed by atoms with Gasteiger partial charge in [-0.2, -0.15) is 4.57 Å². The van der Waals surface area contributed by atoms with Gasteiger partial charge >= 0.3 is 5.97 Å². The Balaban J connectivity index is 2.11. The molecule has 1 N–H and O–H groups in total. The third-order valence-electron chi connectivity index (χ3n) is 3.59. The van der Waals surface area contributed by atoms with E-state index in [1.807, 2.05) is 0 Å². The van der Waals surface area contributed by atoms with Crippen LogP contribution in [0, 0.1) is 0 Å². The van der Waals surface area contributed by atoms with Crippen LogP contribution < -0.4 is 9.88 Å². The second-order valence-electron chi connectivity index (χ2n) is 5.85. The summed E-state index contributed by atoms with van der Waals surface area (Å²) in [6, 6.07) is 9.26. The normalized spacial score (nSPS) is 11.3. The third-order valence-corrected chi connectivity index (χ3v) is 5.40. The molecule has 1 aromatic carbocycles. The predicted molar refractivity (Wildman–Crippen MR) is 98.5 cm³/mol. The molecule has 27 heavy (non-hydrogen) atoms. The number of carbonyl (C=O) groups is 2. The van der Waals surface area contributed by atoms with Gasteiger partial charge in [0.25, 0.3) is 5.91 Å². The fraction of sp³-hybridized carbons (Fsp3) is 0.278. The molecule has 0 spiro atoms. The van der Waals surface area contributed by atoms with Crippen molar-refractivity contribution in [3.05, 3.63) is 54.4 Å². The molecule has 0 saturated heterocycles. The molecule has 9 heteroatoms. The smallest absolute Gasteiger partial charge is 0.344 e. The van der Waals surface area contributed by atoms with E-state index in [4.69, 9.17) is 4.74 Å². The lowest BCUT2D eigenvalue weighted by Gasteiger charge is -2.12. The van der Waals surface area contributed by atoms with Crippen molar-refractivity contribution in [3.63, 3.8) is 0 Å². The van der Waals surface area contributed by atoms with Gasteiger partial charge in [-0.15, -0.1) is 0 Å². The first-order valence-corrected chi connectivity index (χ1v) is 9.66. The number of hydrogen-bond donors (Lipinski definition) is 1. The molecule has 1 heterocycles. The minimum atomic E-state index is -3.59. The Hall–Kier alpha value is -2.78. The highest BCUT2D eigenvalue weighted by molar-refractivity contribution is 7.89. The van der Waals surface area contributed by atoms with Crippen LogP contribution >= 0.6 is 0 Å². The van der Waals surface area contributed by atoms with E-state index in [0.29, 0.717) is 11.3 Å². The summed E-state index contributed by atoms with van der Waals surface area (Å²) in [5.74, 6) is -0.825. The molecule has 0 aliphatic carbocycles. The molecule has 0 fully saturated rings. The Morgan fingerprint density at radius 1 is 1.19 bits per heavy atom. The molecular formula is C18H22N3O5S+. The lowest BCUT2D eigenvalue weighted by molar-refractivity contribution is -0.684. The average Bonchev–Trinajstić information content (AvgIpc) is 2.62. The fourth-order valence-electron chi connectivity index (χ4n) is 2.27. The summed E-state index contributed by atoms with van der Waals surface area (Å²) in [6.07, 6.45) is 3.17. The fourth-order valence-corrected chi connectivity index (χ4v) is 3.22. The van der Waals surface area contributed by atoms with Crippen molar-refractivity contribution < 1.29 is 27.3 Å². The highest BCUT2D eigenvalue weighted by atomic mass is 32.2. The predicted octanol–water partition coefficient (Wildman–Crippen LogP) is 1.04. The molecule has 144 valence electrons. The van der Waals surface area contributed by atoms with Crippen molar-refractivity contribution in [2.24, 2.45) is 0 Å². The highest BCUT2D eigenvalue weighted by Gasteiger charge is 2.18. The van der Waals surface area contributed by atoms with E-state index in [9.17, 15) is 18.0 Å². The van der Waals surface area contributed by atoms with E-state index in [0.717, 1.165) is 4.31 Å². The summed E-state index contributed by atoms with van der Waals surface area (Å²) in [5, 5.41) is 2.66. The molecule has 1 amide bonds. The van der Waals surface area contributed by atoms with Crippen molar-refractivity contribution in [3.8, 4) is 0 Å². The molecule has 8 nitrogen and oxygen atoms in total. The van der Waals surface area contributed by atoms with E-state index in [-0.39, 0.29) is 24.0 Å². The van der Waals surface area contributed by atoms with Gasteiger partial charge in [0, 0.05) is 25.8 Å². The molecule has 0 unspecified atom stereocenters. The summed E-state index contributed by atoms with van der Waals surface area (Å²) >= 11 is 0. The third kappa shape index (κ3) is 5.35. The number of anilines is 1. The molecule has 0 bridgehead atoms. The number of sulfonamides is 1. The quantitative estimate of drug-likeness (QED) is 0.561. The molecule has 0 aliphatic heterocycles. The summed E-state index contributed by atoms with van der Waals surface area (Å²) in [5.41, 5.74) is 0.705. The van der Waals surface area contributed by atoms with E-state index in [2.05, 4.69) is 5.32 Å². The lowest BCUT2D eigenvalue weighted by atomic mass is 10.3. The van der Waals surface area contributed by atoms with Crippen LogP contribution in [0.15, 0.2) is 53.7 Å². The van der Waals surface area contributed by atoms with Gasteiger partial charge in [-0.1, -0.05) is 6.07 Å². The number of carbonyl (C=O) groups excluding carboxylic acids is 2. The Bertz CT molecular complexity index is 942. The van der Waals surface area contributed by atoms with Crippen molar-refractivity contribution in [1.29, 1.82) is 0 Å². The van der Waals surface area contributed by atoms with Crippen LogP contribution in [-0.2, 0) is 26.1 Å². The van der Waals surface area contributed by atoms with E-state index < -0.39 is 16.0 Å². The molecule has 0 radical (unpaired) electrons. The van der Waals surface area contributed by atoms with Crippen LogP contribution in [-0.4, -0.2) is 45.3 Å².